The molecule has 0 fully saturated rings. The average Bonchev–Trinajstić information content (AvgIpc) is 2.54. The number of carbonyl (C=O) groups excluding carboxylic acids is 1. The lowest BCUT2D eigenvalue weighted by molar-refractivity contribution is -0.489. The summed E-state index contributed by atoms with van der Waals surface area (Å²) >= 11 is 0. The lowest BCUT2D eigenvalue weighted by Gasteiger charge is -2.29. The van der Waals surface area contributed by atoms with E-state index in [0.29, 0.717) is 6.42 Å². The number of hydrogen-bond acceptors (Lipinski definition) is 6. The van der Waals surface area contributed by atoms with E-state index in [-0.39, 0.29) is 6.61 Å². The van der Waals surface area contributed by atoms with E-state index in [1.54, 1.807) is 6.92 Å². The van der Waals surface area contributed by atoms with Crippen molar-refractivity contribution in [1.29, 1.82) is 0 Å². The summed E-state index contributed by atoms with van der Waals surface area (Å²) in [6.45, 7) is 1.30. The fraction of sp³-hybridized carbons (Fsp3) is 0.562. The van der Waals surface area contributed by atoms with Gasteiger partial charge in [-0.05, 0) is 18.9 Å². The zero-order valence-corrected chi connectivity index (χ0v) is 13.6. The van der Waals surface area contributed by atoms with Crippen LogP contribution in [0.15, 0.2) is 30.3 Å². The Morgan fingerprint density at radius 1 is 1.22 bits per heavy atom. The molecule has 1 rings (SSSR count). The van der Waals surface area contributed by atoms with Gasteiger partial charge in [0, 0.05) is 25.1 Å². The molecule has 1 aromatic rings. The normalized spacial score (nSPS) is 13.6. The molecule has 0 spiro atoms. The van der Waals surface area contributed by atoms with E-state index >= 15 is 0 Å². The number of rotatable bonds is 10. The highest BCUT2D eigenvalue weighted by Crippen LogP contribution is 2.25. The third-order valence-electron chi connectivity index (χ3n) is 3.58. The van der Waals surface area contributed by atoms with Crippen molar-refractivity contribution in [1.82, 2.24) is 0 Å². The minimum absolute atomic E-state index is 0.162. The van der Waals surface area contributed by atoms with E-state index < -0.39 is 35.6 Å². The van der Waals surface area contributed by atoms with Crippen LogP contribution in [0.5, 0.6) is 0 Å². The molecular weight excluding hydrogens is 302 g/mol. The van der Waals surface area contributed by atoms with Gasteiger partial charge in [-0.2, -0.15) is 0 Å². The molecular formula is C16H23NO6. The predicted molar refractivity (Wildman–Crippen MR) is 83.4 cm³/mol. The second-order valence-electron chi connectivity index (χ2n) is 5.07. The van der Waals surface area contributed by atoms with Gasteiger partial charge >= 0.3 is 5.97 Å². The maximum Gasteiger partial charge on any atom is 0.316 e. The first-order chi connectivity index (χ1) is 11.0. The highest BCUT2D eigenvalue weighted by molar-refractivity contribution is 5.73. The molecule has 0 aromatic heterocycles. The first-order valence-electron chi connectivity index (χ1n) is 7.41. The Hall–Kier alpha value is -1.99. The number of carbonyl (C=O) groups is 1. The van der Waals surface area contributed by atoms with Crippen LogP contribution < -0.4 is 0 Å². The summed E-state index contributed by atoms with van der Waals surface area (Å²) in [5.41, 5.74) is 0.939. The largest absolute Gasteiger partial charge is 0.466 e. The van der Waals surface area contributed by atoms with Gasteiger partial charge in [-0.25, -0.2) is 0 Å². The fourth-order valence-corrected chi connectivity index (χ4v) is 2.55. The lowest BCUT2D eigenvalue weighted by Crippen LogP contribution is -2.41. The van der Waals surface area contributed by atoms with Gasteiger partial charge in [-0.15, -0.1) is 0 Å². The molecule has 0 saturated heterocycles. The van der Waals surface area contributed by atoms with E-state index in [9.17, 15) is 14.9 Å². The molecule has 0 heterocycles. The van der Waals surface area contributed by atoms with Crippen molar-refractivity contribution in [2.45, 2.75) is 19.6 Å². The van der Waals surface area contributed by atoms with Crippen LogP contribution >= 0.6 is 0 Å². The van der Waals surface area contributed by atoms with Crippen molar-refractivity contribution in [2.75, 3.05) is 27.4 Å². The van der Waals surface area contributed by atoms with Crippen molar-refractivity contribution in [2.24, 2.45) is 11.8 Å². The number of hydrogen-bond donors (Lipinski definition) is 0. The van der Waals surface area contributed by atoms with Crippen LogP contribution in [0.25, 0.3) is 0 Å². The van der Waals surface area contributed by atoms with Crippen LogP contribution in [0.4, 0.5) is 0 Å². The minimum atomic E-state index is -0.949. The molecule has 23 heavy (non-hydrogen) atoms. The van der Waals surface area contributed by atoms with Crippen LogP contribution in [-0.4, -0.2) is 44.6 Å². The van der Waals surface area contributed by atoms with Crippen LogP contribution in [0, 0.1) is 22.0 Å². The van der Waals surface area contributed by atoms with E-state index in [0.717, 1.165) is 5.56 Å². The Morgan fingerprint density at radius 3 is 2.30 bits per heavy atom. The molecule has 128 valence electrons. The standard InChI is InChI=1S/C16H23NO6/c1-4-23-15(18)14(11-17(19)20)13(16(21-2)22-3)10-12-8-6-5-7-9-12/h5-9,13-14,16H,4,10-11H2,1-3H3/t13-,14+/m0/s1. The smallest absolute Gasteiger partial charge is 0.316 e. The zero-order valence-electron chi connectivity index (χ0n) is 13.6. The summed E-state index contributed by atoms with van der Waals surface area (Å²) in [6.07, 6.45) is -0.339. The molecule has 0 bridgehead atoms. The van der Waals surface area contributed by atoms with Crippen molar-refractivity contribution >= 4 is 5.97 Å². The summed E-state index contributed by atoms with van der Waals surface area (Å²) < 4.78 is 15.6. The predicted octanol–water partition coefficient (Wildman–Crippen LogP) is 1.92. The Balaban J connectivity index is 3.09. The first-order valence-corrected chi connectivity index (χ1v) is 7.41. The highest BCUT2D eigenvalue weighted by atomic mass is 16.7. The molecule has 0 aliphatic carbocycles. The first kappa shape index (κ1) is 19.1. The Morgan fingerprint density at radius 2 is 1.83 bits per heavy atom. The summed E-state index contributed by atoms with van der Waals surface area (Å²) in [5, 5.41) is 11.0. The fourth-order valence-electron chi connectivity index (χ4n) is 2.55. The zero-order chi connectivity index (χ0) is 17.2. The second-order valence-corrected chi connectivity index (χ2v) is 5.07. The molecule has 0 N–H and O–H groups in total. The van der Waals surface area contributed by atoms with Crippen LogP contribution in [0.2, 0.25) is 0 Å². The topological polar surface area (TPSA) is 87.9 Å². The lowest BCUT2D eigenvalue weighted by atomic mass is 9.86. The number of esters is 1. The van der Waals surface area contributed by atoms with Gasteiger partial charge in [-0.1, -0.05) is 30.3 Å². The van der Waals surface area contributed by atoms with Crippen LogP contribution in [0.1, 0.15) is 12.5 Å². The van der Waals surface area contributed by atoms with Gasteiger partial charge in [-0.3, -0.25) is 14.9 Å². The molecule has 0 aliphatic rings. The molecule has 1 aromatic carbocycles. The van der Waals surface area contributed by atoms with Crippen LogP contribution in [0.3, 0.4) is 0 Å². The average molecular weight is 325 g/mol. The molecule has 0 aliphatic heterocycles. The Labute approximate surface area is 135 Å². The molecule has 7 heteroatoms. The molecule has 0 unspecified atom stereocenters. The molecule has 0 amide bonds. The Bertz CT molecular complexity index is 489. The Kier molecular flexibility index (Phi) is 8.21. The summed E-state index contributed by atoms with van der Waals surface area (Å²) in [5.74, 6) is -2.09. The van der Waals surface area contributed by atoms with Gasteiger partial charge in [0.2, 0.25) is 6.54 Å². The maximum atomic E-state index is 12.2. The monoisotopic (exact) mass is 325 g/mol. The van der Waals surface area contributed by atoms with Crippen molar-refractivity contribution in [3.05, 3.63) is 46.0 Å². The highest BCUT2D eigenvalue weighted by Gasteiger charge is 2.39. The van der Waals surface area contributed by atoms with Gasteiger partial charge in [0.1, 0.15) is 5.92 Å². The molecule has 0 radical (unpaired) electrons. The quantitative estimate of drug-likeness (QED) is 0.283. The van der Waals surface area contributed by atoms with E-state index in [4.69, 9.17) is 14.2 Å². The summed E-state index contributed by atoms with van der Waals surface area (Å²) in [6, 6.07) is 9.40. The number of nitro groups is 1. The second kappa shape index (κ2) is 9.91. The number of benzene rings is 1. The van der Waals surface area contributed by atoms with Gasteiger partial charge in [0.15, 0.2) is 6.29 Å². The van der Waals surface area contributed by atoms with E-state index in [1.165, 1.54) is 14.2 Å². The van der Waals surface area contributed by atoms with Crippen molar-refractivity contribution in [3.63, 3.8) is 0 Å². The van der Waals surface area contributed by atoms with Crippen molar-refractivity contribution < 1.29 is 23.9 Å². The number of methoxy groups -OCH3 is 2. The maximum absolute atomic E-state index is 12.2. The van der Waals surface area contributed by atoms with Gasteiger partial charge < -0.3 is 14.2 Å². The minimum Gasteiger partial charge on any atom is -0.466 e. The number of nitrogens with zero attached hydrogens (tertiary/aromatic N) is 1. The summed E-state index contributed by atoms with van der Waals surface area (Å²) in [4.78, 5) is 22.7. The molecule has 0 saturated carbocycles. The molecule has 2 atom stereocenters. The van der Waals surface area contributed by atoms with E-state index in [1.807, 2.05) is 30.3 Å². The van der Waals surface area contributed by atoms with E-state index in [2.05, 4.69) is 0 Å². The number of ether oxygens (including phenoxy) is 3. The SMILES string of the molecule is CCOC(=O)[C@H](C[N+](=O)[O-])[C@H](Cc1ccccc1)C(OC)OC. The van der Waals surface area contributed by atoms with Crippen LogP contribution in [-0.2, 0) is 25.4 Å². The van der Waals surface area contributed by atoms with Gasteiger partial charge in [0.25, 0.3) is 0 Å². The summed E-state index contributed by atoms with van der Waals surface area (Å²) in [7, 11) is 2.89. The third-order valence-corrected chi connectivity index (χ3v) is 3.58. The molecule has 7 nitrogen and oxygen atoms in total. The van der Waals surface area contributed by atoms with Gasteiger partial charge in [0.05, 0.1) is 6.61 Å². The van der Waals surface area contributed by atoms with Crippen molar-refractivity contribution in [3.8, 4) is 0 Å². The third kappa shape index (κ3) is 5.96.